The first-order chi connectivity index (χ1) is 10.3. The standard InChI is InChI=1S/C16H27N3O3/c1-12-13(9-17-22-12)10-19-8-6-7-14(19)11-18(5)15(20)21-16(2,3)4/h9,14H,6-8,10-11H2,1-5H3/t14-/m0/s1. The molecule has 1 aliphatic rings. The second kappa shape index (κ2) is 6.69. The summed E-state index contributed by atoms with van der Waals surface area (Å²) in [4.78, 5) is 16.1. The van der Waals surface area contributed by atoms with Crippen LogP contribution in [-0.2, 0) is 11.3 Å². The third kappa shape index (κ3) is 4.47. The molecule has 6 nitrogen and oxygen atoms in total. The van der Waals surface area contributed by atoms with Crippen LogP contribution >= 0.6 is 0 Å². The Balaban J connectivity index is 1.91. The van der Waals surface area contributed by atoms with Gasteiger partial charge in [-0.3, -0.25) is 4.90 Å². The Morgan fingerprint density at radius 3 is 2.86 bits per heavy atom. The number of hydrogen-bond acceptors (Lipinski definition) is 5. The third-order valence-electron chi connectivity index (χ3n) is 3.91. The quantitative estimate of drug-likeness (QED) is 0.856. The number of likely N-dealkylation sites (N-methyl/N-ethyl adjacent to an activating group) is 1. The topological polar surface area (TPSA) is 58.8 Å². The molecule has 2 rings (SSSR count). The number of nitrogens with zero attached hydrogens (tertiary/aromatic N) is 3. The van der Waals surface area contributed by atoms with Crippen molar-refractivity contribution in [1.82, 2.24) is 15.0 Å². The van der Waals surface area contributed by atoms with E-state index in [4.69, 9.17) is 9.26 Å². The largest absolute Gasteiger partial charge is 0.444 e. The van der Waals surface area contributed by atoms with E-state index in [1.807, 2.05) is 27.7 Å². The summed E-state index contributed by atoms with van der Waals surface area (Å²) in [6.07, 6.45) is 3.76. The van der Waals surface area contributed by atoms with Gasteiger partial charge in [0, 0.05) is 31.7 Å². The minimum Gasteiger partial charge on any atom is -0.444 e. The van der Waals surface area contributed by atoms with Crippen LogP contribution < -0.4 is 0 Å². The maximum atomic E-state index is 12.1. The minimum atomic E-state index is -0.458. The summed E-state index contributed by atoms with van der Waals surface area (Å²) in [6, 6.07) is 0.354. The zero-order chi connectivity index (χ0) is 16.3. The van der Waals surface area contributed by atoms with E-state index >= 15 is 0 Å². The predicted molar refractivity (Wildman–Crippen MR) is 83.5 cm³/mol. The molecule has 0 unspecified atom stereocenters. The normalized spacial score (nSPS) is 19.4. The van der Waals surface area contributed by atoms with E-state index < -0.39 is 5.60 Å². The number of carbonyl (C=O) groups is 1. The van der Waals surface area contributed by atoms with Crippen LogP contribution in [0.1, 0.15) is 44.9 Å². The number of ether oxygens (including phenoxy) is 1. The SMILES string of the molecule is Cc1oncc1CN1CCC[C@H]1CN(C)C(=O)OC(C)(C)C. The number of rotatable bonds is 4. The molecule has 0 N–H and O–H groups in total. The monoisotopic (exact) mass is 309 g/mol. The summed E-state index contributed by atoms with van der Waals surface area (Å²) in [5.41, 5.74) is 0.659. The number of aromatic nitrogens is 1. The zero-order valence-corrected chi connectivity index (χ0v) is 14.3. The fourth-order valence-corrected chi connectivity index (χ4v) is 2.73. The van der Waals surface area contributed by atoms with E-state index in [1.54, 1.807) is 18.1 Å². The molecule has 0 saturated carbocycles. The Kier molecular flexibility index (Phi) is 5.11. The van der Waals surface area contributed by atoms with Gasteiger partial charge in [0.25, 0.3) is 0 Å². The molecule has 1 aromatic rings. The van der Waals surface area contributed by atoms with E-state index in [-0.39, 0.29) is 6.09 Å². The molecular formula is C16H27N3O3. The molecule has 22 heavy (non-hydrogen) atoms. The van der Waals surface area contributed by atoms with E-state index in [9.17, 15) is 4.79 Å². The van der Waals surface area contributed by atoms with Crippen LogP contribution in [0.5, 0.6) is 0 Å². The highest BCUT2D eigenvalue weighted by molar-refractivity contribution is 5.67. The van der Waals surface area contributed by atoms with Crippen molar-refractivity contribution in [2.24, 2.45) is 0 Å². The lowest BCUT2D eigenvalue weighted by Crippen LogP contribution is -2.42. The van der Waals surface area contributed by atoms with Gasteiger partial charge in [-0.2, -0.15) is 0 Å². The van der Waals surface area contributed by atoms with Crippen molar-refractivity contribution < 1.29 is 14.1 Å². The molecule has 0 radical (unpaired) electrons. The molecule has 1 fully saturated rings. The lowest BCUT2D eigenvalue weighted by atomic mass is 10.2. The van der Waals surface area contributed by atoms with E-state index in [0.717, 1.165) is 37.3 Å². The lowest BCUT2D eigenvalue weighted by molar-refractivity contribution is 0.0256. The number of hydrogen-bond donors (Lipinski definition) is 0. The number of carbonyl (C=O) groups excluding carboxylic acids is 1. The van der Waals surface area contributed by atoms with Crippen molar-refractivity contribution in [2.75, 3.05) is 20.1 Å². The second-order valence-electron chi connectivity index (χ2n) is 7.03. The van der Waals surface area contributed by atoms with Gasteiger partial charge >= 0.3 is 6.09 Å². The van der Waals surface area contributed by atoms with E-state index in [2.05, 4.69) is 10.1 Å². The molecule has 0 aliphatic carbocycles. The van der Waals surface area contributed by atoms with Crippen molar-refractivity contribution in [2.45, 2.75) is 58.7 Å². The fraction of sp³-hybridized carbons (Fsp3) is 0.750. The van der Waals surface area contributed by atoms with Crippen LogP contribution in [0.25, 0.3) is 0 Å². The van der Waals surface area contributed by atoms with Crippen molar-refractivity contribution in [3.63, 3.8) is 0 Å². The molecule has 1 amide bonds. The molecule has 0 aromatic carbocycles. The van der Waals surface area contributed by atoms with Gasteiger partial charge in [0.1, 0.15) is 11.4 Å². The van der Waals surface area contributed by atoms with Gasteiger partial charge in [0.05, 0.1) is 6.20 Å². The van der Waals surface area contributed by atoms with Crippen LogP contribution in [0.2, 0.25) is 0 Å². The number of amides is 1. The van der Waals surface area contributed by atoms with E-state index in [0.29, 0.717) is 12.6 Å². The maximum absolute atomic E-state index is 12.1. The summed E-state index contributed by atoms with van der Waals surface area (Å²) < 4.78 is 10.5. The van der Waals surface area contributed by atoms with Gasteiger partial charge < -0.3 is 14.2 Å². The summed E-state index contributed by atoms with van der Waals surface area (Å²) >= 11 is 0. The molecule has 0 spiro atoms. The molecule has 1 saturated heterocycles. The molecule has 2 heterocycles. The Labute approximate surface area is 132 Å². The van der Waals surface area contributed by atoms with Gasteiger partial charge in [0.15, 0.2) is 0 Å². The van der Waals surface area contributed by atoms with Crippen molar-refractivity contribution in [3.8, 4) is 0 Å². The number of likely N-dealkylation sites (tertiary alicyclic amines) is 1. The highest BCUT2D eigenvalue weighted by atomic mass is 16.6. The molecule has 1 aromatic heterocycles. The number of aryl methyl sites for hydroxylation is 1. The van der Waals surface area contributed by atoms with Crippen LogP contribution in [0.15, 0.2) is 10.7 Å². The lowest BCUT2D eigenvalue weighted by Gasteiger charge is -2.30. The van der Waals surface area contributed by atoms with Gasteiger partial charge in [0.2, 0.25) is 0 Å². The average Bonchev–Trinajstić information content (AvgIpc) is 2.99. The Morgan fingerprint density at radius 2 is 2.27 bits per heavy atom. The summed E-state index contributed by atoms with van der Waals surface area (Å²) in [7, 11) is 1.80. The molecule has 0 bridgehead atoms. The summed E-state index contributed by atoms with van der Waals surface area (Å²) in [5.74, 6) is 0.867. The summed E-state index contributed by atoms with van der Waals surface area (Å²) in [5, 5.41) is 3.83. The van der Waals surface area contributed by atoms with Crippen molar-refractivity contribution >= 4 is 6.09 Å². The van der Waals surface area contributed by atoms with Crippen LogP contribution in [-0.4, -0.2) is 52.8 Å². The second-order valence-corrected chi connectivity index (χ2v) is 7.03. The Bertz CT molecular complexity index is 507. The molecule has 124 valence electrons. The first-order valence-electron chi connectivity index (χ1n) is 7.84. The first-order valence-corrected chi connectivity index (χ1v) is 7.84. The van der Waals surface area contributed by atoms with Gasteiger partial charge in [-0.25, -0.2) is 4.79 Å². The highest BCUT2D eigenvalue weighted by Gasteiger charge is 2.29. The maximum Gasteiger partial charge on any atom is 0.410 e. The molecule has 1 atom stereocenters. The molecular weight excluding hydrogens is 282 g/mol. The van der Waals surface area contributed by atoms with Crippen molar-refractivity contribution in [1.29, 1.82) is 0 Å². The Morgan fingerprint density at radius 1 is 1.55 bits per heavy atom. The van der Waals surface area contributed by atoms with Gasteiger partial charge in [-0.1, -0.05) is 5.16 Å². The fourth-order valence-electron chi connectivity index (χ4n) is 2.73. The minimum absolute atomic E-state index is 0.263. The molecule has 1 aliphatic heterocycles. The van der Waals surface area contributed by atoms with Crippen LogP contribution in [0, 0.1) is 6.92 Å². The van der Waals surface area contributed by atoms with Gasteiger partial charge in [-0.05, 0) is 47.1 Å². The Hall–Kier alpha value is -1.56. The van der Waals surface area contributed by atoms with E-state index in [1.165, 1.54) is 0 Å². The average molecular weight is 309 g/mol. The van der Waals surface area contributed by atoms with Crippen LogP contribution in [0.4, 0.5) is 4.79 Å². The first kappa shape index (κ1) is 16.8. The smallest absolute Gasteiger partial charge is 0.410 e. The molecule has 6 heteroatoms. The van der Waals surface area contributed by atoms with Gasteiger partial charge in [-0.15, -0.1) is 0 Å². The predicted octanol–water partition coefficient (Wildman–Crippen LogP) is 2.81. The third-order valence-corrected chi connectivity index (χ3v) is 3.91. The highest BCUT2D eigenvalue weighted by Crippen LogP contribution is 2.22. The van der Waals surface area contributed by atoms with Crippen molar-refractivity contribution in [3.05, 3.63) is 17.5 Å². The zero-order valence-electron chi connectivity index (χ0n) is 14.3. The summed E-state index contributed by atoms with van der Waals surface area (Å²) in [6.45, 7) is 10.1. The van der Waals surface area contributed by atoms with Crippen LogP contribution in [0.3, 0.4) is 0 Å².